The molecule has 0 saturated carbocycles. The summed E-state index contributed by atoms with van der Waals surface area (Å²) in [6.07, 6.45) is 7.57. The van der Waals surface area contributed by atoms with E-state index in [-0.39, 0.29) is 5.91 Å². The summed E-state index contributed by atoms with van der Waals surface area (Å²) in [6.45, 7) is 5.82. The Morgan fingerprint density at radius 1 is 1.04 bits per heavy atom. The van der Waals surface area contributed by atoms with Crippen LogP contribution in [0.1, 0.15) is 55.6 Å². The molecule has 0 unspecified atom stereocenters. The van der Waals surface area contributed by atoms with E-state index >= 15 is 0 Å². The van der Waals surface area contributed by atoms with Crippen molar-refractivity contribution in [3.05, 3.63) is 54.0 Å². The van der Waals surface area contributed by atoms with Gasteiger partial charge in [0.2, 0.25) is 0 Å². The Bertz CT molecular complexity index is 887. The lowest BCUT2D eigenvalue weighted by Crippen LogP contribution is -2.33. The number of unbranched alkanes of at least 4 members (excludes halogenated alkanes) is 2. The molecule has 3 rings (SSSR count). The molecular weight excluding hydrogens is 370 g/mol. The van der Waals surface area contributed by atoms with E-state index in [1.165, 1.54) is 11.8 Å². The van der Waals surface area contributed by atoms with Gasteiger partial charge in [-0.25, -0.2) is 9.97 Å². The minimum atomic E-state index is -0.0114. The van der Waals surface area contributed by atoms with Crippen LogP contribution in [0.3, 0.4) is 0 Å². The number of carbonyl (C=O) groups excluding carboxylic acids is 1. The van der Waals surface area contributed by atoms with Gasteiger partial charge in [-0.05, 0) is 25.0 Å². The lowest BCUT2D eigenvalue weighted by atomic mass is 10.1. The molecule has 1 amide bonds. The van der Waals surface area contributed by atoms with Crippen LogP contribution in [0.4, 0.5) is 0 Å². The molecule has 0 atom stereocenters. The highest BCUT2D eigenvalue weighted by Crippen LogP contribution is 2.31. The van der Waals surface area contributed by atoms with Gasteiger partial charge in [0.15, 0.2) is 10.9 Å². The van der Waals surface area contributed by atoms with Gasteiger partial charge in [-0.2, -0.15) is 0 Å². The predicted octanol–water partition coefficient (Wildman–Crippen LogP) is 5.56. The quantitative estimate of drug-likeness (QED) is 0.331. The summed E-state index contributed by atoms with van der Waals surface area (Å²) in [4.78, 5) is 23.8. The lowest BCUT2D eigenvalue weighted by Gasteiger charge is -2.21. The van der Waals surface area contributed by atoms with Gasteiger partial charge in [0, 0.05) is 42.2 Å². The van der Waals surface area contributed by atoms with Gasteiger partial charge in [-0.1, -0.05) is 56.7 Å². The van der Waals surface area contributed by atoms with Crippen molar-refractivity contribution in [1.29, 1.82) is 0 Å². The molecular formula is C22H27N3O2S. The van der Waals surface area contributed by atoms with E-state index < -0.39 is 0 Å². The summed E-state index contributed by atoms with van der Waals surface area (Å²) >= 11 is 1.52. The van der Waals surface area contributed by atoms with Crippen LogP contribution >= 0.6 is 11.8 Å². The number of para-hydroxylation sites is 1. The van der Waals surface area contributed by atoms with Gasteiger partial charge in [0.05, 0.1) is 0 Å². The highest BCUT2D eigenvalue weighted by molar-refractivity contribution is 7.98. The van der Waals surface area contributed by atoms with Crippen LogP contribution in [0.15, 0.2) is 52.3 Å². The third kappa shape index (κ3) is 4.93. The van der Waals surface area contributed by atoms with E-state index in [4.69, 9.17) is 4.42 Å². The maximum absolute atomic E-state index is 13.4. The van der Waals surface area contributed by atoms with Crippen molar-refractivity contribution < 1.29 is 9.21 Å². The first-order valence-corrected chi connectivity index (χ1v) is 10.9. The summed E-state index contributed by atoms with van der Waals surface area (Å²) in [5.74, 6) is 1.04. The number of benzene rings is 1. The number of rotatable bonds is 10. The lowest BCUT2D eigenvalue weighted by molar-refractivity contribution is 0.0720. The number of thioether (sulfide) groups is 1. The van der Waals surface area contributed by atoms with Crippen LogP contribution in [-0.2, 0) is 5.75 Å². The molecule has 28 heavy (non-hydrogen) atoms. The number of hydrogen-bond donors (Lipinski definition) is 0. The molecule has 3 aromatic rings. The SMILES string of the molecule is CCCCN(CCCC)C(=O)c1oc2ccccc2c1CSc1ncccn1. The Kier molecular flexibility index (Phi) is 7.48. The molecule has 0 radical (unpaired) electrons. The second kappa shape index (κ2) is 10.3. The molecule has 5 nitrogen and oxygen atoms in total. The molecule has 2 heterocycles. The highest BCUT2D eigenvalue weighted by atomic mass is 32.2. The van der Waals surface area contributed by atoms with Crippen molar-refractivity contribution in [3.63, 3.8) is 0 Å². The fraction of sp³-hybridized carbons (Fsp3) is 0.409. The van der Waals surface area contributed by atoms with Crippen molar-refractivity contribution in [2.24, 2.45) is 0 Å². The summed E-state index contributed by atoms with van der Waals surface area (Å²) in [6, 6.07) is 9.64. The fourth-order valence-electron chi connectivity index (χ4n) is 3.07. The van der Waals surface area contributed by atoms with Crippen LogP contribution in [0.2, 0.25) is 0 Å². The molecule has 6 heteroatoms. The van der Waals surface area contributed by atoms with E-state index in [2.05, 4.69) is 23.8 Å². The molecule has 0 aliphatic carbocycles. The normalized spacial score (nSPS) is 11.1. The van der Waals surface area contributed by atoms with Gasteiger partial charge in [0.25, 0.3) is 5.91 Å². The second-order valence-electron chi connectivity index (χ2n) is 6.73. The summed E-state index contributed by atoms with van der Waals surface area (Å²) in [7, 11) is 0. The zero-order chi connectivity index (χ0) is 19.8. The topological polar surface area (TPSA) is 59.2 Å². The van der Waals surface area contributed by atoms with Crippen LogP contribution in [0.5, 0.6) is 0 Å². The molecule has 0 N–H and O–H groups in total. The number of furan rings is 1. The van der Waals surface area contributed by atoms with E-state index in [0.717, 1.165) is 55.3 Å². The average molecular weight is 398 g/mol. The van der Waals surface area contributed by atoms with Crippen LogP contribution in [-0.4, -0.2) is 33.9 Å². The number of nitrogens with zero attached hydrogens (tertiary/aromatic N) is 3. The molecule has 0 aliphatic rings. The number of aromatic nitrogens is 2. The minimum absolute atomic E-state index is 0.0114. The molecule has 0 aliphatic heterocycles. The van der Waals surface area contributed by atoms with Gasteiger partial charge in [0.1, 0.15) is 5.58 Å². The largest absolute Gasteiger partial charge is 0.451 e. The van der Waals surface area contributed by atoms with E-state index in [1.54, 1.807) is 18.5 Å². The van der Waals surface area contributed by atoms with Gasteiger partial charge >= 0.3 is 0 Å². The Hall–Kier alpha value is -2.34. The summed E-state index contributed by atoms with van der Waals surface area (Å²) in [5.41, 5.74) is 1.68. The van der Waals surface area contributed by atoms with E-state index in [0.29, 0.717) is 16.7 Å². The van der Waals surface area contributed by atoms with Crippen molar-refractivity contribution in [2.75, 3.05) is 13.1 Å². The first-order chi connectivity index (χ1) is 13.7. The average Bonchev–Trinajstić information content (AvgIpc) is 3.11. The Morgan fingerprint density at radius 3 is 2.39 bits per heavy atom. The second-order valence-corrected chi connectivity index (χ2v) is 7.67. The van der Waals surface area contributed by atoms with Crippen LogP contribution < -0.4 is 0 Å². The van der Waals surface area contributed by atoms with Gasteiger partial charge < -0.3 is 9.32 Å². The molecule has 2 aromatic heterocycles. The standard InChI is InChI=1S/C22H27N3O2S/c1-3-5-14-25(15-6-4-2)21(26)20-18(16-28-22-23-12-9-13-24-22)17-10-7-8-11-19(17)27-20/h7-13H,3-6,14-16H2,1-2H3. The molecule has 1 aromatic carbocycles. The third-order valence-electron chi connectivity index (χ3n) is 4.63. The van der Waals surface area contributed by atoms with Crippen molar-refractivity contribution in [1.82, 2.24) is 14.9 Å². The number of hydrogen-bond acceptors (Lipinski definition) is 5. The first kappa shape index (κ1) is 20.4. The molecule has 0 saturated heterocycles. The molecule has 148 valence electrons. The highest BCUT2D eigenvalue weighted by Gasteiger charge is 2.25. The third-order valence-corrected chi connectivity index (χ3v) is 5.53. The molecule has 0 spiro atoms. The number of fused-ring (bicyclic) bond motifs is 1. The molecule has 0 fully saturated rings. The van der Waals surface area contributed by atoms with Crippen molar-refractivity contribution in [2.45, 2.75) is 50.4 Å². The smallest absolute Gasteiger partial charge is 0.289 e. The van der Waals surface area contributed by atoms with Crippen LogP contribution in [0.25, 0.3) is 11.0 Å². The predicted molar refractivity (Wildman–Crippen MR) is 114 cm³/mol. The first-order valence-electron chi connectivity index (χ1n) is 9.94. The zero-order valence-electron chi connectivity index (χ0n) is 16.6. The monoisotopic (exact) mass is 397 g/mol. The fourth-order valence-corrected chi connectivity index (χ4v) is 3.90. The van der Waals surface area contributed by atoms with E-state index in [9.17, 15) is 4.79 Å². The van der Waals surface area contributed by atoms with Crippen LogP contribution in [0, 0.1) is 0 Å². The van der Waals surface area contributed by atoms with E-state index in [1.807, 2.05) is 29.2 Å². The Balaban J connectivity index is 1.90. The maximum Gasteiger partial charge on any atom is 0.289 e. The number of carbonyl (C=O) groups is 1. The van der Waals surface area contributed by atoms with Gasteiger partial charge in [-0.3, -0.25) is 4.79 Å². The minimum Gasteiger partial charge on any atom is -0.451 e. The zero-order valence-corrected chi connectivity index (χ0v) is 17.4. The Morgan fingerprint density at radius 2 is 1.71 bits per heavy atom. The molecule has 0 bridgehead atoms. The van der Waals surface area contributed by atoms with Gasteiger partial charge in [-0.15, -0.1) is 0 Å². The Labute approximate surface area is 170 Å². The van der Waals surface area contributed by atoms with Crippen molar-refractivity contribution >= 4 is 28.6 Å². The number of amides is 1. The summed E-state index contributed by atoms with van der Waals surface area (Å²) in [5, 5.41) is 1.68. The summed E-state index contributed by atoms with van der Waals surface area (Å²) < 4.78 is 6.04. The van der Waals surface area contributed by atoms with Crippen molar-refractivity contribution in [3.8, 4) is 0 Å². The maximum atomic E-state index is 13.4.